The zero-order valence-electron chi connectivity index (χ0n) is 18.9. The maximum atomic E-state index is 13.4. The first-order valence-electron chi connectivity index (χ1n) is 11.1. The van der Waals surface area contributed by atoms with Gasteiger partial charge in [-0.3, -0.25) is 9.10 Å². The van der Waals surface area contributed by atoms with Gasteiger partial charge in [0, 0.05) is 6.54 Å². The van der Waals surface area contributed by atoms with Gasteiger partial charge in [-0.15, -0.1) is 0 Å². The van der Waals surface area contributed by atoms with Gasteiger partial charge >= 0.3 is 0 Å². The number of para-hydroxylation sites is 2. The van der Waals surface area contributed by atoms with Crippen LogP contribution < -0.4 is 19.1 Å². The minimum absolute atomic E-state index is 0.0943. The van der Waals surface area contributed by atoms with Crippen molar-refractivity contribution in [2.45, 2.75) is 50.5 Å². The van der Waals surface area contributed by atoms with E-state index in [1.54, 1.807) is 36.4 Å². The molecule has 3 rings (SSSR count). The van der Waals surface area contributed by atoms with Gasteiger partial charge in [0.05, 0.1) is 24.2 Å². The van der Waals surface area contributed by atoms with Crippen molar-refractivity contribution in [3.63, 3.8) is 0 Å². The van der Waals surface area contributed by atoms with Gasteiger partial charge in [-0.1, -0.05) is 45.2 Å². The van der Waals surface area contributed by atoms with E-state index in [2.05, 4.69) is 19.2 Å². The summed E-state index contributed by atoms with van der Waals surface area (Å²) >= 11 is 0. The highest BCUT2D eigenvalue weighted by Crippen LogP contribution is 2.37. The van der Waals surface area contributed by atoms with E-state index in [-0.39, 0.29) is 17.3 Å². The van der Waals surface area contributed by atoms with E-state index in [0.717, 1.165) is 25.7 Å². The van der Waals surface area contributed by atoms with Crippen LogP contribution in [0.3, 0.4) is 0 Å². The van der Waals surface area contributed by atoms with Crippen LogP contribution in [-0.4, -0.2) is 40.6 Å². The van der Waals surface area contributed by atoms with Crippen LogP contribution in [-0.2, 0) is 14.8 Å². The third-order valence-corrected chi connectivity index (χ3v) is 7.58. The highest BCUT2D eigenvalue weighted by Gasteiger charge is 2.37. The largest absolute Gasteiger partial charge is 0.497 e. The fourth-order valence-corrected chi connectivity index (χ4v) is 5.22. The Bertz CT molecular complexity index is 1010. The van der Waals surface area contributed by atoms with Crippen molar-refractivity contribution in [2.75, 3.05) is 24.5 Å². The second-order valence-electron chi connectivity index (χ2n) is 7.95. The molecule has 0 saturated heterocycles. The summed E-state index contributed by atoms with van der Waals surface area (Å²) in [4.78, 5) is 13.0. The Morgan fingerprint density at radius 2 is 1.91 bits per heavy atom. The van der Waals surface area contributed by atoms with Crippen LogP contribution in [0.2, 0.25) is 0 Å². The van der Waals surface area contributed by atoms with Crippen LogP contribution in [0.4, 0.5) is 5.69 Å². The second kappa shape index (κ2) is 10.7. The fourth-order valence-electron chi connectivity index (χ4n) is 3.74. The van der Waals surface area contributed by atoms with Gasteiger partial charge in [0.1, 0.15) is 11.5 Å². The van der Waals surface area contributed by atoms with Crippen molar-refractivity contribution in [3.05, 3.63) is 48.5 Å². The quantitative estimate of drug-likeness (QED) is 0.580. The number of sulfonamides is 1. The summed E-state index contributed by atoms with van der Waals surface area (Å²) in [7, 11) is -2.37. The van der Waals surface area contributed by atoms with Crippen molar-refractivity contribution in [3.8, 4) is 11.5 Å². The Morgan fingerprint density at radius 1 is 1.19 bits per heavy atom. The summed E-state index contributed by atoms with van der Waals surface area (Å²) in [5.74, 6) is 1.03. The van der Waals surface area contributed by atoms with Crippen LogP contribution in [0, 0.1) is 5.92 Å². The summed E-state index contributed by atoms with van der Waals surface area (Å²) in [5.41, 5.74) is 0.418. The van der Waals surface area contributed by atoms with Gasteiger partial charge in [-0.05, 0) is 48.7 Å². The van der Waals surface area contributed by atoms with E-state index >= 15 is 0 Å². The summed E-state index contributed by atoms with van der Waals surface area (Å²) < 4.78 is 39.2. The Hall–Kier alpha value is -2.74. The maximum Gasteiger partial charge on any atom is 0.264 e. The number of unbranched alkanes of at least 4 members (excludes halogenated alkanes) is 1. The number of carbonyl (C=O) groups excluding carboxylic acids is 1. The second-order valence-corrected chi connectivity index (χ2v) is 9.81. The molecule has 1 N–H and O–H groups in total. The minimum Gasteiger partial charge on any atom is -0.497 e. The number of benzene rings is 2. The van der Waals surface area contributed by atoms with Crippen LogP contribution in [0.15, 0.2) is 53.4 Å². The van der Waals surface area contributed by atoms with Crippen LogP contribution in [0.25, 0.3) is 0 Å². The number of nitrogens with zero attached hydrogens (tertiary/aromatic N) is 1. The predicted octanol–water partition coefficient (Wildman–Crippen LogP) is 3.98. The molecule has 1 heterocycles. The number of amides is 1. The van der Waals surface area contributed by atoms with Gasteiger partial charge in [-0.2, -0.15) is 0 Å². The van der Waals surface area contributed by atoms with Crippen LogP contribution >= 0.6 is 0 Å². The predicted molar refractivity (Wildman–Crippen MR) is 125 cm³/mol. The number of rotatable bonds is 10. The minimum atomic E-state index is -3.90. The number of nitrogens with one attached hydrogen (secondary N) is 1. The number of carbonyl (C=O) groups is 1. The lowest BCUT2D eigenvalue weighted by atomic mass is 9.99. The standard InChI is InChI=1S/C24H32N2O5S/c1-4-6-9-18(5-2)16-25-24(27)23-17-26(21-10-7-8-11-22(21)31-23)32(28,29)20-14-12-19(30-3)13-15-20/h7-8,10-15,18,23H,4-6,9,16-17H2,1-3H3,(H,25,27)/t18-,23+/m0/s1. The molecule has 2 atom stereocenters. The number of methoxy groups -OCH3 is 1. The van der Waals surface area contributed by atoms with Crippen molar-refractivity contribution < 1.29 is 22.7 Å². The average Bonchev–Trinajstić information content (AvgIpc) is 2.83. The molecule has 0 unspecified atom stereocenters. The maximum absolute atomic E-state index is 13.4. The van der Waals surface area contributed by atoms with Gasteiger partial charge in [-0.25, -0.2) is 8.42 Å². The molecule has 0 spiro atoms. The Labute approximate surface area is 190 Å². The molecule has 0 saturated carbocycles. The van der Waals surface area contributed by atoms with Gasteiger partial charge < -0.3 is 14.8 Å². The first-order chi connectivity index (χ1) is 15.4. The summed E-state index contributed by atoms with van der Waals surface area (Å²) in [6.07, 6.45) is 3.34. The molecule has 32 heavy (non-hydrogen) atoms. The molecule has 1 aliphatic heterocycles. The molecule has 8 heteroatoms. The molecule has 1 aliphatic rings. The van der Waals surface area contributed by atoms with Gasteiger partial charge in [0.2, 0.25) is 0 Å². The monoisotopic (exact) mass is 460 g/mol. The number of ether oxygens (including phenoxy) is 2. The highest BCUT2D eigenvalue weighted by atomic mass is 32.2. The van der Waals surface area contributed by atoms with Crippen molar-refractivity contribution >= 4 is 21.6 Å². The number of anilines is 1. The first kappa shape index (κ1) is 23.9. The number of hydrogen-bond acceptors (Lipinski definition) is 5. The summed E-state index contributed by atoms with van der Waals surface area (Å²) in [5, 5.41) is 2.97. The van der Waals surface area contributed by atoms with E-state index in [1.165, 1.54) is 23.5 Å². The molecular formula is C24H32N2O5S. The molecule has 0 radical (unpaired) electrons. The molecule has 2 aromatic rings. The highest BCUT2D eigenvalue weighted by molar-refractivity contribution is 7.92. The smallest absolute Gasteiger partial charge is 0.264 e. The molecule has 174 valence electrons. The molecule has 7 nitrogen and oxygen atoms in total. The van der Waals surface area contributed by atoms with Crippen LogP contribution in [0.1, 0.15) is 39.5 Å². The average molecular weight is 461 g/mol. The molecule has 0 aromatic heterocycles. The lowest BCUT2D eigenvalue weighted by molar-refractivity contribution is -0.127. The van der Waals surface area contributed by atoms with E-state index in [4.69, 9.17) is 9.47 Å². The third kappa shape index (κ3) is 5.35. The third-order valence-electron chi connectivity index (χ3n) is 5.78. The zero-order valence-corrected chi connectivity index (χ0v) is 19.7. The van der Waals surface area contributed by atoms with Crippen molar-refractivity contribution in [2.24, 2.45) is 5.92 Å². The molecule has 0 bridgehead atoms. The topological polar surface area (TPSA) is 84.9 Å². The summed E-state index contributed by atoms with van der Waals surface area (Å²) in [6, 6.07) is 13.1. The first-order valence-corrected chi connectivity index (χ1v) is 12.5. The lowest BCUT2D eigenvalue weighted by Crippen LogP contribution is -2.51. The van der Waals surface area contributed by atoms with E-state index in [9.17, 15) is 13.2 Å². The fraction of sp³-hybridized carbons (Fsp3) is 0.458. The van der Waals surface area contributed by atoms with Gasteiger partial charge in [0.25, 0.3) is 15.9 Å². The normalized spacial score (nSPS) is 16.6. The van der Waals surface area contributed by atoms with Crippen molar-refractivity contribution in [1.82, 2.24) is 5.32 Å². The van der Waals surface area contributed by atoms with Gasteiger partial charge in [0.15, 0.2) is 6.10 Å². The summed E-state index contributed by atoms with van der Waals surface area (Å²) in [6.45, 7) is 4.73. The molecule has 0 aliphatic carbocycles. The molecule has 1 amide bonds. The van der Waals surface area contributed by atoms with E-state index in [0.29, 0.717) is 29.6 Å². The lowest BCUT2D eigenvalue weighted by Gasteiger charge is -2.35. The SMILES string of the molecule is CCCC[C@H](CC)CNC(=O)[C@H]1CN(S(=O)(=O)c2ccc(OC)cc2)c2ccccc2O1. The number of hydrogen-bond donors (Lipinski definition) is 1. The zero-order chi connectivity index (χ0) is 23.1. The Morgan fingerprint density at radius 3 is 2.56 bits per heavy atom. The Balaban J connectivity index is 1.81. The molecule has 0 fully saturated rings. The van der Waals surface area contributed by atoms with E-state index < -0.39 is 16.1 Å². The van der Waals surface area contributed by atoms with Crippen molar-refractivity contribution in [1.29, 1.82) is 0 Å². The van der Waals surface area contributed by atoms with E-state index in [1.807, 2.05) is 0 Å². The Kier molecular flexibility index (Phi) is 8.01. The van der Waals surface area contributed by atoms with Crippen LogP contribution in [0.5, 0.6) is 11.5 Å². The molecule has 2 aromatic carbocycles. The number of fused-ring (bicyclic) bond motifs is 1. The molecular weight excluding hydrogens is 428 g/mol.